The first kappa shape index (κ1) is 23.4. The average Bonchev–Trinajstić information content (AvgIpc) is 2.83. The van der Waals surface area contributed by atoms with E-state index in [1.165, 1.54) is 6.08 Å². The van der Waals surface area contributed by atoms with Crippen LogP contribution in [-0.4, -0.2) is 25.5 Å². The number of rotatable bonds is 8. The van der Waals surface area contributed by atoms with Crippen LogP contribution in [0.3, 0.4) is 0 Å². The van der Waals surface area contributed by atoms with Crippen molar-refractivity contribution in [2.75, 3.05) is 24.4 Å². The van der Waals surface area contributed by atoms with Crippen LogP contribution in [0.25, 0.3) is 6.08 Å². The van der Waals surface area contributed by atoms with Crippen LogP contribution in [0.4, 0.5) is 11.4 Å². The van der Waals surface area contributed by atoms with Crippen molar-refractivity contribution in [3.05, 3.63) is 89.0 Å². The number of nitrogens with zero attached hydrogens (tertiary/aromatic N) is 1. The molecular formula is C25H20ClN3O4. The Morgan fingerprint density at radius 2 is 1.70 bits per heavy atom. The van der Waals surface area contributed by atoms with Crippen molar-refractivity contribution < 1.29 is 19.1 Å². The molecule has 0 spiro atoms. The van der Waals surface area contributed by atoms with Crippen molar-refractivity contribution in [3.8, 4) is 17.6 Å². The molecule has 2 amide bonds. The Kier molecular flexibility index (Phi) is 8.06. The first-order chi connectivity index (χ1) is 16.0. The number of para-hydroxylation sites is 2. The lowest BCUT2D eigenvalue weighted by atomic mass is 10.1. The molecule has 0 heterocycles. The largest absolute Gasteiger partial charge is 0.497 e. The maximum absolute atomic E-state index is 12.6. The summed E-state index contributed by atoms with van der Waals surface area (Å²) in [6.07, 6.45) is 1.40. The zero-order valence-corrected chi connectivity index (χ0v) is 18.4. The summed E-state index contributed by atoms with van der Waals surface area (Å²) in [7, 11) is 1.55. The summed E-state index contributed by atoms with van der Waals surface area (Å²) in [4.78, 5) is 24.8. The number of carbonyl (C=O) groups excluding carboxylic acids is 2. The minimum absolute atomic E-state index is 0.123. The molecular weight excluding hydrogens is 442 g/mol. The smallest absolute Gasteiger partial charge is 0.266 e. The van der Waals surface area contributed by atoms with Crippen LogP contribution in [0.15, 0.2) is 78.4 Å². The maximum Gasteiger partial charge on any atom is 0.266 e. The summed E-state index contributed by atoms with van der Waals surface area (Å²) in [6.45, 7) is -0.282. The van der Waals surface area contributed by atoms with Crippen LogP contribution in [0.5, 0.6) is 11.5 Å². The molecule has 0 aromatic heterocycles. The van der Waals surface area contributed by atoms with E-state index in [1.54, 1.807) is 79.9 Å². The second kappa shape index (κ2) is 11.4. The summed E-state index contributed by atoms with van der Waals surface area (Å²) >= 11 is 6.05. The lowest BCUT2D eigenvalue weighted by molar-refractivity contribution is -0.118. The minimum Gasteiger partial charge on any atom is -0.497 e. The third-order valence-corrected chi connectivity index (χ3v) is 4.77. The molecule has 7 nitrogen and oxygen atoms in total. The molecule has 3 aromatic carbocycles. The van der Waals surface area contributed by atoms with Crippen molar-refractivity contribution >= 4 is 40.9 Å². The summed E-state index contributed by atoms with van der Waals surface area (Å²) in [5, 5.41) is 15.2. The molecule has 8 heteroatoms. The number of carbonyl (C=O) groups is 2. The van der Waals surface area contributed by atoms with Gasteiger partial charge in [-0.05, 0) is 48.5 Å². The number of amides is 2. The predicted octanol–water partition coefficient (Wildman–Crippen LogP) is 4.91. The summed E-state index contributed by atoms with van der Waals surface area (Å²) < 4.78 is 10.7. The minimum atomic E-state index is -0.575. The van der Waals surface area contributed by atoms with Crippen molar-refractivity contribution in [2.24, 2.45) is 0 Å². The highest BCUT2D eigenvalue weighted by Crippen LogP contribution is 2.23. The van der Waals surface area contributed by atoms with Gasteiger partial charge >= 0.3 is 0 Å². The van der Waals surface area contributed by atoms with E-state index in [0.717, 1.165) is 0 Å². The summed E-state index contributed by atoms with van der Waals surface area (Å²) in [5.41, 5.74) is 1.34. The molecule has 0 aliphatic rings. The second-order valence-corrected chi connectivity index (χ2v) is 7.11. The van der Waals surface area contributed by atoms with Crippen LogP contribution < -0.4 is 20.1 Å². The molecule has 3 rings (SSSR count). The van der Waals surface area contributed by atoms with Gasteiger partial charge in [-0.15, -0.1) is 0 Å². The van der Waals surface area contributed by atoms with Gasteiger partial charge in [-0.3, -0.25) is 9.59 Å². The Bertz CT molecular complexity index is 1220. The number of halogens is 1. The number of hydrogen-bond acceptors (Lipinski definition) is 5. The number of nitriles is 1. The number of methoxy groups -OCH3 is 1. The lowest BCUT2D eigenvalue weighted by Gasteiger charge is -2.11. The van der Waals surface area contributed by atoms with Crippen LogP contribution in [0.1, 0.15) is 5.56 Å². The molecule has 0 saturated carbocycles. The van der Waals surface area contributed by atoms with Gasteiger partial charge in [0.15, 0.2) is 6.61 Å². The van der Waals surface area contributed by atoms with Gasteiger partial charge in [-0.25, -0.2) is 0 Å². The molecule has 0 atom stereocenters. The van der Waals surface area contributed by atoms with Gasteiger partial charge in [0.2, 0.25) is 0 Å². The number of ether oxygens (including phenoxy) is 2. The fourth-order valence-electron chi connectivity index (χ4n) is 2.80. The van der Waals surface area contributed by atoms with Crippen LogP contribution in [0, 0.1) is 11.3 Å². The molecule has 3 aromatic rings. The van der Waals surface area contributed by atoms with Crippen LogP contribution >= 0.6 is 11.6 Å². The first-order valence-corrected chi connectivity index (χ1v) is 10.2. The molecule has 0 aliphatic heterocycles. The highest BCUT2D eigenvalue weighted by Gasteiger charge is 2.13. The Morgan fingerprint density at radius 1 is 1.00 bits per heavy atom. The summed E-state index contributed by atoms with van der Waals surface area (Å²) in [6, 6.07) is 22.3. The van der Waals surface area contributed by atoms with Gasteiger partial charge < -0.3 is 20.1 Å². The van der Waals surface area contributed by atoms with Crippen LogP contribution in [0.2, 0.25) is 5.02 Å². The van der Waals surface area contributed by atoms with E-state index in [2.05, 4.69) is 10.6 Å². The fourth-order valence-corrected chi connectivity index (χ4v) is 2.98. The van der Waals surface area contributed by atoms with Gasteiger partial charge in [-0.1, -0.05) is 41.9 Å². The molecule has 0 fully saturated rings. The number of hydrogen-bond donors (Lipinski definition) is 2. The van der Waals surface area contributed by atoms with Crippen LogP contribution in [-0.2, 0) is 9.59 Å². The second-order valence-electron chi connectivity index (χ2n) is 6.71. The SMILES string of the molecule is COc1ccc(NC(=O)/C(C#N)=C\c2ccccc2OCC(=O)Nc2ccccc2Cl)cc1. The first-order valence-electron chi connectivity index (χ1n) is 9.83. The standard InChI is InChI=1S/C25H20ClN3O4/c1-32-20-12-10-19(11-13-20)28-25(31)18(15-27)14-17-6-2-5-9-23(17)33-16-24(30)29-22-8-4-3-7-21(22)26/h2-14H,16H2,1H3,(H,28,31)(H,29,30)/b18-14-. The van der Waals surface area contributed by atoms with Gasteiger partial charge in [0, 0.05) is 11.3 Å². The molecule has 0 saturated heterocycles. The highest BCUT2D eigenvalue weighted by molar-refractivity contribution is 6.33. The van der Waals surface area contributed by atoms with Gasteiger partial charge in [0.25, 0.3) is 11.8 Å². The van der Waals surface area contributed by atoms with Gasteiger partial charge in [-0.2, -0.15) is 5.26 Å². The molecule has 2 N–H and O–H groups in total. The molecule has 0 unspecified atom stereocenters. The molecule has 0 bridgehead atoms. The Balaban J connectivity index is 1.69. The van der Waals surface area contributed by atoms with E-state index in [0.29, 0.717) is 33.5 Å². The van der Waals surface area contributed by atoms with E-state index in [-0.39, 0.29) is 12.2 Å². The number of nitrogens with one attached hydrogen (secondary N) is 2. The van der Waals surface area contributed by atoms with Gasteiger partial charge in [0.05, 0.1) is 17.8 Å². The quantitative estimate of drug-likeness (QED) is 0.366. The Labute approximate surface area is 196 Å². The van der Waals surface area contributed by atoms with Crippen molar-refractivity contribution in [1.29, 1.82) is 5.26 Å². The summed E-state index contributed by atoms with van der Waals surface area (Å²) in [5.74, 6) is 0.0130. The van der Waals surface area contributed by atoms with E-state index < -0.39 is 11.8 Å². The van der Waals surface area contributed by atoms with Crippen molar-refractivity contribution in [1.82, 2.24) is 0 Å². The normalized spacial score (nSPS) is 10.6. The predicted molar refractivity (Wildman–Crippen MR) is 127 cm³/mol. The average molecular weight is 462 g/mol. The third-order valence-electron chi connectivity index (χ3n) is 4.44. The number of benzene rings is 3. The molecule has 166 valence electrons. The number of anilines is 2. The lowest BCUT2D eigenvalue weighted by Crippen LogP contribution is -2.20. The Hall–Kier alpha value is -4.28. The van der Waals surface area contributed by atoms with Crippen molar-refractivity contribution in [2.45, 2.75) is 0 Å². The van der Waals surface area contributed by atoms with Gasteiger partial charge in [0.1, 0.15) is 23.1 Å². The maximum atomic E-state index is 12.6. The Morgan fingerprint density at radius 3 is 2.39 bits per heavy atom. The topological polar surface area (TPSA) is 100 Å². The van der Waals surface area contributed by atoms with Crippen molar-refractivity contribution in [3.63, 3.8) is 0 Å². The van der Waals surface area contributed by atoms with E-state index in [1.807, 2.05) is 6.07 Å². The monoisotopic (exact) mass is 461 g/mol. The fraction of sp³-hybridized carbons (Fsp3) is 0.0800. The highest BCUT2D eigenvalue weighted by atomic mass is 35.5. The zero-order chi connectivity index (χ0) is 23.6. The zero-order valence-electron chi connectivity index (χ0n) is 17.7. The molecule has 33 heavy (non-hydrogen) atoms. The molecule has 0 aliphatic carbocycles. The van der Waals surface area contributed by atoms with E-state index >= 15 is 0 Å². The molecule has 0 radical (unpaired) electrons. The van der Waals surface area contributed by atoms with E-state index in [4.69, 9.17) is 21.1 Å². The third kappa shape index (κ3) is 6.60. The van der Waals surface area contributed by atoms with E-state index in [9.17, 15) is 14.9 Å².